The van der Waals surface area contributed by atoms with Crippen molar-refractivity contribution in [3.8, 4) is 5.75 Å². The summed E-state index contributed by atoms with van der Waals surface area (Å²) in [7, 11) is -1.87. The predicted molar refractivity (Wildman–Crippen MR) is 121 cm³/mol. The number of benzene rings is 1. The zero-order valence-corrected chi connectivity index (χ0v) is 20.8. The van der Waals surface area contributed by atoms with Crippen molar-refractivity contribution in [3.05, 3.63) is 23.9 Å². The standard InChI is InChI=1S/C23H36N2O4Si/c1-15(29-30(8,9)23(5,6)7)14-25-20-16(13-24-25)10-11-18-17(20)12-19(27-18)21(26)28-22(2,3)4/h10-11,13,15,19H,12,14H2,1-9H3/t15-,19?/m1/s1. The van der Waals surface area contributed by atoms with Crippen LogP contribution in [0.4, 0.5) is 0 Å². The molecule has 3 rings (SSSR count). The molecule has 0 N–H and O–H groups in total. The third kappa shape index (κ3) is 4.72. The molecule has 1 unspecified atom stereocenters. The molecule has 2 heterocycles. The first-order valence-corrected chi connectivity index (χ1v) is 13.6. The molecule has 0 bridgehead atoms. The number of nitrogens with zero attached hydrogens (tertiary/aromatic N) is 2. The molecule has 1 aliphatic rings. The van der Waals surface area contributed by atoms with Gasteiger partial charge >= 0.3 is 5.97 Å². The Labute approximate surface area is 181 Å². The van der Waals surface area contributed by atoms with Crippen LogP contribution in [0.1, 0.15) is 54.0 Å². The van der Waals surface area contributed by atoms with Crippen LogP contribution in [0.2, 0.25) is 18.1 Å². The zero-order chi connectivity index (χ0) is 22.5. The van der Waals surface area contributed by atoms with E-state index in [1.54, 1.807) is 0 Å². The Balaban J connectivity index is 1.82. The lowest BCUT2D eigenvalue weighted by atomic mass is 10.1. The van der Waals surface area contributed by atoms with Gasteiger partial charge in [-0.2, -0.15) is 5.10 Å². The molecular formula is C23H36N2O4Si. The fourth-order valence-corrected chi connectivity index (χ4v) is 4.95. The van der Waals surface area contributed by atoms with Crippen LogP contribution in [-0.2, 0) is 26.9 Å². The molecule has 0 fully saturated rings. The molecule has 1 aromatic carbocycles. The van der Waals surface area contributed by atoms with E-state index in [1.165, 1.54) is 0 Å². The van der Waals surface area contributed by atoms with E-state index in [-0.39, 0.29) is 17.1 Å². The maximum atomic E-state index is 12.5. The molecule has 0 saturated heterocycles. The van der Waals surface area contributed by atoms with Gasteiger partial charge in [0.2, 0.25) is 0 Å². The molecule has 0 radical (unpaired) electrons. The van der Waals surface area contributed by atoms with E-state index in [1.807, 2.05) is 43.8 Å². The molecule has 30 heavy (non-hydrogen) atoms. The van der Waals surface area contributed by atoms with Crippen molar-refractivity contribution in [2.75, 3.05) is 0 Å². The van der Waals surface area contributed by atoms with Gasteiger partial charge in [0.05, 0.1) is 24.4 Å². The van der Waals surface area contributed by atoms with E-state index in [4.69, 9.17) is 13.9 Å². The molecule has 1 aliphatic heterocycles. The molecule has 1 aromatic heterocycles. The number of aromatic nitrogens is 2. The topological polar surface area (TPSA) is 62.6 Å². The molecule has 0 amide bonds. The van der Waals surface area contributed by atoms with Gasteiger partial charge in [0.15, 0.2) is 14.4 Å². The summed E-state index contributed by atoms with van der Waals surface area (Å²) in [5, 5.41) is 5.81. The summed E-state index contributed by atoms with van der Waals surface area (Å²) >= 11 is 0. The van der Waals surface area contributed by atoms with Gasteiger partial charge in [-0.1, -0.05) is 20.8 Å². The Morgan fingerprint density at radius 1 is 1.27 bits per heavy atom. The molecular weight excluding hydrogens is 396 g/mol. The third-order valence-electron chi connectivity index (χ3n) is 5.93. The smallest absolute Gasteiger partial charge is 0.348 e. The summed E-state index contributed by atoms with van der Waals surface area (Å²) in [6.45, 7) is 19.6. The van der Waals surface area contributed by atoms with Crippen molar-refractivity contribution < 1.29 is 18.7 Å². The van der Waals surface area contributed by atoms with Crippen LogP contribution in [-0.4, -0.2) is 41.9 Å². The first kappa shape index (κ1) is 22.8. The van der Waals surface area contributed by atoms with Crippen molar-refractivity contribution in [1.29, 1.82) is 0 Å². The van der Waals surface area contributed by atoms with Crippen molar-refractivity contribution >= 4 is 25.2 Å². The van der Waals surface area contributed by atoms with Gasteiger partial charge in [-0.05, 0) is 58.0 Å². The number of ether oxygens (including phenoxy) is 2. The summed E-state index contributed by atoms with van der Waals surface area (Å²) in [4.78, 5) is 12.5. The lowest BCUT2D eigenvalue weighted by molar-refractivity contribution is -0.162. The average molecular weight is 433 g/mol. The maximum Gasteiger partial charge on any atom is 0.348 e. The van der Waals surface area contributed by atoms with E-state index >= 15 is 0 Å². The number of hydrogen-bond acceptors (Lipinski definition) is 5. The SMILES string of the molecule is C[C@H](Cn1ncc2ccc3c(c21)CC(C(=O)OC(C)(C)C)O3)O[Si](C)(C)C(C)(C)C. The summed E-state index contributed by atoms with van der Waals surface area (Å²) < 4.78 is 20.0. The van der Waals surface area contributed by atoms with Gasteiger partial charge in [-0.15, -0.1) is 0 Å². The minimum atomic E-state index is -1.87. The Morgan fingerprint density at radius 2 is 1.93 bits per heavy atom. The van der Waals surface area contributed by atoms with Gasteiger partial charge in [-0.3, -0.25) is 4.68 Å². The molecule has 166 valence electrons. The van der Waals surface area contributed by atoms with Crippen molar-refractivity contribution in [2.24, 2.45) is 0 Å². The second-order valence-electron chi connectivity index (χ2n) is 10.8. The number of carbonyl (C=O) groups is 1. The highest BCUT2D eigenvalue weighted by atomic mass is 28.4. The number of carbonyl (C=O) groups excluding carboxylic acids is 1. The van der Waals surface area contributed by atoms with Crippen LogP contribution < -0.4 is 4.74 Å². The fourth-order valence-electron chi connectivity index (χ4n) is 3.52. The molecule has 0 saturated carbocycles. The molecule has 6 nitrogen and oxygen atoms in total. The quantitative estimate of drug-likeness (QED) is 0.486. The van der Waals surface area contributed by atoms with Crippen LogP contribution in [0.5, 0.6) is 5.75 Å². The lowest BCUT2D eigenvalue weighted by Crippen LogP contribution is -2.44. The normalized spacial score (nSPS) is 18.2. The first-order valence-electron chi connectivity index (χ1n) is 10.7. The number of hydrogen-bond donors (Lipinski definition) is 0. The van der Waals surface area contributed by atoms with Crippen molar-refractivity contribution in [3.63, 3.8) is 0 Å². The van der Waals surface area contributed by atoms with E-state index in [0.717, 1.165) is 22.2 Å². The second-order valence-corrected chi connectivity index (χ2v) is 15.6. The molecule has 2 aromatic rings. The van der Waals surface area contributed by atoms with E-state index in [2.05, 4.69) is 45.9 Å². The van der Waals surface area contributed by atoms with Crippen LogP contribution >= 0.6 is 0 Å². The maximum absolute atomic E-state index is 12.5. The van der Waals surface area contributed by atoms with Crippen LogP contribution in [0.3, 0.4) is 0 Å². The monoisotopic (exact) mass is 432 g/mol. The third-order valence-corrected chi connectivity index (χ3v) is 10.5. The number of esters is 1. The van der Waals surface area contributed by atoms with Gasteiger partial charge < -0.3 is 13.9 Å². The summed E-state index contributed by atoms with van der Waals surface area (Å²) in [5.41, 5.74) is 1.49. The van der Waals surface area contributed by atoms with Crippen LogP contribution in [0.15, 0.2) is 18.3 Å². The van der Waals surface area contributed by atoms with E-state index in [0.29, 0.717) is 13.0 Å². The Kier molecular flexibility index (Phi) is 5.84. The predicted octanol–water partition coefficient (Wildman–Crippen LogP) is 5.09. The first-order chi connectivity index (χ1) is 13.7. The molecule has 0 spiro atoms. The van der Waals surface area contributed by atoms with Gasteiger partial charge in [-0.25, -0.2) is 4.79 Å². The summed E-state index contributed by atoms with van der Waals surface area (Å²) in [6, 6.07) is 3.91. The van der Waals surface area contributed by atoms with Gasteiger partial charge in [0.25, 0.3) is 0 Å². The zero-order valence-electron chi connectivity index (χ0n) is 19.8. The fraction of sp³-hybridized carbons (Fsp3) is 0.652. The summed E-state index contributed by atoms with van der Waals surface area (Å²) in [5.74, 6) is 0.408. The van der Waals surface area contributed by atoms with E-state index < -0.39 is 20.0 Å². The minimum Gasteiger partial charge on any atom is -0.478 e. The summed E-state index contributed by atoms with van der Waals surface area (Å²) in [6.07, 6.45) is 1.78. The average Bonchev–Trinajstić information content (AvgIpc) is 3.15. The van der Waals surface area contributed by atoms with Crippen molar-refractivity contribution in [2.45, 2.75) is 97.4 Å². The second kappa shape index (κ2) is 7.68. The highest BCUT2D eigenvalue weighted by Gasteiger charge is 2.39. The number of fused-ring (bicyclic) bond motifs is 3. The molecule has 0 aliphatic carbocycles. The van der Waals surface area contributed by atoms with Gasteiger partial charge in [0, 0.05) is 17.4 Å². The minimum absolute atomic E-state index is 0.0359. The highest BCUT2D eigenvalue weighted by Crippen LogP contribution is 2.38. The molecule has 7 heteroatoms. The van der Waals surface area contributed by atoms with Crippen molar-refractivity contribution in [1.82, 2.24) is 9.78 Å². The van der Waals surface area contributed by atoms with Gasteiger partial charge in [0.1, 0.15) is 11.4 Å². The Morgan fingerprint density at radius 3 is 2.53 bits per heavy atom. The molecule has 2 atom stereocenters. The lowest BCUT2D eigenvalue weighted by Gasteiger charge is -2.38. The largest absolute Gasteiger partial charge is 0.478 e. The Bertz CT molecular complexity index is 937. The highest BCUT2D eigenvalue weighted by molar-refractivity contribution is 6.74. The number of rotatable bonds is 5. The van der Waals surface area contributed by atoms with E-state index in [9.17, 15) is 4.79 Å². The van der Waals surface area contributed by atoms with Crippen LogP contribution in [0.25, 0.3) is 10.9 Å². The van der Waals surface area contributed by atoms with Crippen LogP contribution in [0, 0.1) is 0 Å². The Hall–Kier alpha value is -1.86.